The predicted molar refractivity (Wildman–Crippen MR) is 78.9 cm³/mol. The normalized spacial score (nSPS) is 19.6. The van der Waals surface area contributed by atoms with Crippen LogP contribution in [0.15, 0.2) is 24.3 Å². The molecule has 1 fully saturated rings. The Bertz CT molecular complexity index is 480. The molecule has 1 N–H and O–H groups in total. The Morgan fingerprint density at radius 3 is 2.89 bits per heavy atom. The summed E-state index contributed by atoms with van der Waals surface area (Å²) in [5.41, 5.74) is 0.556. The summed E-state index contributed by atoms with van der Waals surface area (Å²) < 4.78 is 0.969. The largest absolute Gasteiger partial charge is 0.480 e. The van der Waals surface area contributed by atoms with E-state index in [0.29, 0.717) is 17.9 Å². The van der Waals surface area contributed by atoms with Gasteiger partial charge in [0.05, 0.1) is 0 Å². The van der Waals surface area contributed by atoms with Crippen molar-refractivity contribution in [3.05, 3.63) is 33.4 Å². The van der Waals surface area contributed by atoms with Gasteiger partial charge in [0, 0.05) is 27.2 Å². The van der Waals surface area contributed by atoms with Crippen LogP contribution in [0.2, 0.25) is 0 Å². The zero-order valence-corrected chi connectivity index (χ0v) is 12.5. The molecule has 1 aliphatic rings. The monoisotopic (exact) mass is 377 g/mol. The predicted octanol–water partition coefficient (Wildman–Crippen LogP) is 1.93. The maximum absolute atomic E-state index is 12.3. The molecule has 1 heterocycles. The minimum Gasteiger partial charge on any atom is -0.480 e. The maximum Gasteiger partial charge on any atom is 0.327 e. The fraction of sp³-hybridized carbons (Fsp3) is 0.333. The quantitative estimate of drug-likeness (QED) is 0.801. The molecule has 96 valence electrons. The third kappa shape index (κ3) is 2.97. The number of amides is 1. The van der Waals surface area contributed by atoms with E-state index < -0.39 is 12.0 Å². The first-order valence-electron chi connectivity index (χ1n) is 5.46. The Kier molecular flexibility index (Phi) is 4.50. The van der Waals surface area contributed by atoms with E-state index in [2.05, 4.69) is 22.6 Å². The molecular weight excluding hydrogens is 365 g/mol. The summed E-state index contributed by atoms with van der Waals surface area (Å²) in [5.74, 6) is 0.132. The highest BCUT2D eigenvalue weighted by Gasteiger charge is 2.32. The van der Waals surface area contributed by atoms with Crippen molar-refractivity contribution < 1.29 is 14.7 Å². The molecule has 0 spiro atoms. The van der Waals surface area contributed by atoms with Crippen molar-refractivity contribution in [1.82, 2.24) is 4.90 Å². The number of rotatable bonds is 2. The lowest BCUT2D eigenvalue weighted by Gasteiger charge is -2.32. The SMILES string of the molecule is O=C(O)C1CSCCN1C(=O)c1cccc(I)c1. The number of thioether (sulfide) groups is 1. The molecule has 0 aromatic heterocycles. The molecule has 1 saturated heterocycles. The number of carboxylic acids is 1. The molecule has 1 aliphatic heterocycles. The van der Waals surface area contributed by atoms with Crippen molar-refractivity contribution >= 4 is 46.2 Å². The van der Waals surface area contributed by atoms with Crippen LogP contribution in [0.25, 0.3) is 0 Å². The lowest BCUT2D eigenvalue weighted by Crippen LogP contribution is -2.50. The van der Waals surface area contributed by atoms with Crippen molar-refractivity contribution in [3.63, 3.8) is 0 Å². The Morgan fingerprint density at radius 2 is 2.22 bits per heavy atom. The molecule has 0 bridgehead atoms. The van der Waals surface area contributed by atoms with Gasteiger partial charge in [0.2, 0.25) is 0 Å². The summed E-state index contributed by atoms with van der Waals surface area (Å²) in [4.78, 5) is 24.9. The zero-order chi connectivity index (χ0) is 13.1. The Labute approximate surface area is 123 Å². The zero-order valence-electron chi connectivity index (χ0n) is 9.51. The average molecular weight is 377 g/mol. The number of hydrogen-bond donors (Lipinski definition) is 1. The van der Waals surface area contributed by atoms with Gasteiger partial charge < -0.3 is 10.0 Å². The lowest BCUT2D eigenvalue weighted by molar-refractivity contribution is -0.141. The highest BCUT2D eigenvalue weighted by Crippen LogP contribution is 2.20. The van der Waals surface area contributed by atoms with Crippen molar-refractivity contribution in [2.75, 3.05) is 18.1 Å². The van der Waals surface area contributed by atoms with Crippen molar-refractivity contribution in [2.24, 2.45) is 0 Å². The van der Waals surface area contributed by atoms with Gasteiger partial charge in [0.1, 0.15) is 6.04 Å². The van der Waals surface area contributed by atoms with Gasteiger partial charge in [-0.3, -0.25) is 4.79 Å². The van der Waals surface area contributed by atoms with Gasteiger partial charge >= 0.3 is 5.97 Å². The van der Waals surface area contributed by atoms with Gasteiger partial charge in [0.25, 0.3) is 5.91 Å². The van der Waals surface area contributed by atoms with Gasteiger partial charge in [-0.05, 0) is 40.8 Å². The second-order valence-corrected chi connectivity index (χ2v) is 6.33. The van der Waals surface area contributed by atoms with Crippen LogP contribution in [0.3, 0.4) is 0 Å². The van der Waals surface area contributed by atoms with Crippen LogP contribution in [-0.4, -0.2) is 46.0 Å². The van der Waals surface area contributed by atoms with Gasteiger partial charge in [0.15, 0.2) is 0 Å². The van der Waals surface area contributed by atoms with Crippen molar-refractivity contribution in [1.29, 1.82) is 0 Å². The van der Waals surface area contributed by atoms with Crippen LogP contribution in [0, 0.1) is 3.57 Å². The number of hydrogen-bond acceptors (Lipinski definition) is 3. The van der Waals surface area contributed by atoms with Gasteiger partial charge in [-0.2, -0.15) is 11.8 Å². The molecule has 18 heavy (non-hydrogen) atoms. The summed E-state index contributed by atoms with van der Waals surface area (Å²) in [6.07, 6.45) is 0. The number of carbonyl (C=O) groups is 2. The van der Waals surface area contributed by atoms with E-state index in [1.807, 2.05) is 12.1 Å². The molecular formula is C12H12INO3S. The first-order valence-corrected chi connectivity index (χ1v) is 7.70. The Morgan fingerprint density at radius 1 is 1.44 bits per heavy atom. The second-order valence-electron chi connectivity index (χ2n) is 3.94. The van der Waals surface area contributed by atoms with Crippen LogP contribution >= 0.6 is 34.4 Å². The number of nitrogens with zero attached hydrogens (tertiary/aromatic N) is 1. The number of benzene rings is 1. The molecule has 6 heteroatoms. The van der Waals surface area contributed by atoms with Crippen LogP contribution < -0.4 is 0 Å². The third-order valence-corrected chi connectivity index (χ3v) is 4.44. The third-order valence-electron chi connectivity index (χ3n) is 2.75. The molecule has 1 aromatic rings. The molecule has 1 amide bonds. The van der Waals surface area contributed by atoms with E-state index in [1.54, 1.807) is 23.9 Å². The number of halogens is 1. The van der Waals surface area contributed by atoms with E-state index >= 15 is 0 Å². The van der Waals surface area contributed by atoms with E-state index in [1.165, 1.54) is 4.90 Å². The van der Waals surface area contributed by atoms with E-state index in [0.717, 1.165) is 9.32 Å². The standard InChI is InChI=1S/C12H12INO3S/c13-9-3-1-2-8(6-9)11(15)14-4-5-18-7-10(14)12(16)17/h1-3,6,10H,4-5,7H2,(H,16,17). The minimum absolute atomic E-state index is 0.193. The molecule has 2 rings (SSSR count). The molecule has 1 atom stereocenters. The summed E-state index contributed by atoms with van der Waals surface area (Å²) in [5, 5.41) is 9.15. The second kappa shape index (κ2) is 5.92. The smallest absolute Gasteiger partial charge is 0.327 e. The number of aliphatic carboxylic acids is 1. The van der Waals surface area contributed by atoms with E-state index in [-0.39, 0.29) is 5.91 Å². The molecule has 0 radical (unpaired) electrons. The van der Waals surface area contributed by atoms with Gasteiger partial charge in [-0.1, -0.05) is 6.07 Å². The molecule has 0 saturated carbocycles. The highest BCUT2D eigenvalue weighted by molar-refractivity contribution is 14.1. The average Bonchev–Trinajstić information content (AvgIpc) is 2.38. The van der Waals surface area contributed by atoms with Crippen LogP contribution in [-0.2, 0) is 4.79 Å². The molecule has 1 aromatic carbocycles. The van der Waals surface area contributed by atoms with E-state index in [9.17, 15) is 9.59 Å². The number of carboxylic acid groups (broad SMARTS) is 1. The fourth-order valence-electron chi connectivity index (χ4n) is 1.84. The van der Waals surface area contributed by atoms with Gasteiger partial charge in [-0.25, -0.2) is 4.79 Å². The molecule has 1 unspecified atom stereocenters. The van der Waals surface area contributed by atoms with Crippen molar-refractivity contribution in [2.45, 2.75) is 6.04 Å². The Balaban J connectivity index is 2.23. The van der Waals surface area contributed by atoms with Gasteiger partial charge in [-0.15, -0.1) is 0 Å². The van der Waals surface area contributed by atoms with Crippen molar-refractivity contribution in [3.8, 4) is 0 Å². The van der Waals surface area contributed by atoms with Crippen LogP contribution in [0.4, 0.5) is 0 Å². The summed E-state index contributed by atoms with van der Waals surface area (Å²) in [6, 6.07) is 6.50. The minimum atomic E-state index is -0.929. The first-order chi connectivity index (χ1) is 8.59. The fourth-order valence-corrected chi connectivity index (χ4v) is 3.42. The topological polar surface area (TPSA) is 57.6 Å². The summed E-state index contributed by atoms with van der Waals surface area (Å²) in [7, 11) is 0. The van der Waals surface area contributed by atoms with E-state index in [4.69, 9.17) is 5.11 Å². The summed E-state index contributed by atoms with van der Waals surface area (Å²) in [6.45, 7) is 0.492. The highest BCUT2D eigenvalue weighted by atomic mass is 127. The van der Waals surface area contributed by atoms with Crippen LogP contribution in [0.5, 0.6) is 0 Å². The summed E-state index contributed by atoms with van der Waals surface area (Å²) >= 11 is 3.71. The molecule has 4 nitrogen and oxygen atoms in total. The van der Waals surface area contributed by atoms with Crippen LogP contribution in [0.1, 0.15) is 10.4 Å². The molecule has 0 aliphatic carbocycles. The Hall–Kier alpha value is -0.760. The lowest BCUT2D eigenvalue weighted by atomic mass is 10.1. The first kappa shape index (κ1) is 13.7. The number of carbonyl (C=O) groups excluding carboxylic acids is 1. The maximum atomic E-state index is 12.3.